The highest BCUT2D eigenvalue weighted by molar-refractivity contribution is 7.89. The molecule has 24 heavy (non-hydrogen) atoms. The van der Waals surface area contributed by atoms with Gasteiger partial charge in [0.15, 0.2) is 0 Å². The molecule has 0 saturated heterocycles. The van der Waals surface area contributed by atoms with Gasteiger partial charge in [0.1, 0.15) is 4.90 Å². The van der Waals surface area contributed by atoms with E-state index in [0.29, 0.717) is 18.4 Å². The van der Waals surface area contributed by atoms with E-state index in [1.54, 1.807) is 6.07 Å². The number of nitrogens with one attached hydrogen (secondary N) is 1. The monoisotopic (exact) mass is 385 g/mol. The van der Waals surface area contributed by atoms with Crippen LogP contribution in [-0.2, 0) is 16.4 Å². The summed E-state index contributed by atoms with van der Waals surface area (Å²) in [5.74, 6) is -1.05. The topological polar surface area (TPSA) is 83.5 Å². The second-order valence-corrected chi connectivity index (χ2v) is 8.03. The van der Waals surface area contributed by atoms with Gasteiger partial charge in [-0.05, 0) is 54.3 Å². The number of carboxylic acid groups (broad SMARTS) is 1. The Morgan fingerprint density at radius 1 is 1.17 bits per heavy atom. The lowest BCUT2D eigenvalue weighted by Crippen LogP contribution is -2.27. The number of halogens is 2. The van der Waals surface area contributed by atoms with Gasteiger partial charge >= 0.3 is 5.97 Å². The molecule has 1 unspecified atom stereocenters. The summed E-state index contributed by atoms with van der Waals surface area (Å²) in [6, 6.07) is 8.47. The maximum atomic E-state index is 12.6. The van der Waals surface area contributed by atoms with Gasteiger partial charge in [-0.3, -0.25) is 0 Å². The Morgan fingerprint density at radius 3 is 2.62 bits per heavy atom. The van der Waals surface area contributed by atoms with Crippen LogP contribution in [0.2, 0.25) is 10.0 Å². The molecule has 0 radical (unpaired) electrons. The van der Waals surface area contributed by atoms with Crippen molar-refractivity contribution in [1.82, 2.24) is 4.72 Å². The molecule has 5 nitrogen and oxygen atoms in total. The van der Waals surface area contributed by atoms with Crippen molar-refractivity contribution in [2.75, 3.05) is 0 Å². The van der Waals surface area contributed by atoms with E-state index in [9.17, 15) is 13.2 Å². The molecule has 8 heteroatoms. The molecule has 0 amide bonds. The lowest BCUT2D eigenvalue weighted by atomic mass is 10.0. The molecule has 1 atom stereocenters. The second kappa shape index (κ2) is 6.37. The maximum absolute atomic E-state index is 12.6. The van der Waals surface area contributed by atoms with Crippen molar-refractivity contribution in [3.8, 4) is 0 Å². The van der Waals surface area contributed by atoms with Gasteiger partial charge in [-0.1, -0.05) is 29.3 Å². The molecule has 1 aliphatic carbocycles. The quantitative estimate of drug-likeness (QED) is 0.840. The standard InChI is InChI=1S/C16H13Cl2NO4S/c17-11-4-5-13(18)15(8-11)24(22,23)19-14-6-3-9-1-2-10(16(20)21)7-12(9)14/h1-2,4-5,7-8,14,19H,3,6H2,(H,20,21). The van der Waals surface area contributed by atoms with E-state index in [1.807, 2.05) is 0 Å². The second-order valence-electron chi connectivity index (χ2n) is 5.51. The van der Waals surface area contributed by atoms with Crippen LogP contribution in [0.3, 0.4) is 0 Å². The number of aryl methyl sites for hydroxylation is 1. The van der Waals surface area contributed by atoms with Crippen LogP contribution in [0.25, 0.3) is 0 Å². The molecule has 126 valence electrons. The highest BCUT2D eigenvalue weighted by Gasteiger charge is 2.29. The maximum Gasteiger partial charge on any atom is 0.335 e. The SMILES string of the molecule is O=C(O)c1ccc2c(c1)C(NS(=O)(=O)c1cc(Cl)ccc1Cl)CC2. The Kier molecular flexibility index (Phi) is 4.57. The van der Waals surface area contributed by atoms with Gasteiger partial charge in [0.05, 0.1) is 10.6 Å². The van der Waals surface area contributed by atoms with Crippen LogP contribution in [-0.4, -0.2) is 19.5 Å². The van der Waals surface area contributed by atoms with E-state index in [-0.39, 0.29) is 20.5 Å². The number of benzene rings is 2. The van der Waals surface area contributed by atoms with Crippen molar-refractivity contribution >= 4 is 39.2 Å². The fourth-order valence-corrected chi connectivity index (χ4v) is 4.80. The van der Waals surface area contributed by atoms with E-state index in [2.05, 4.69) is 4.72 Å². The van der Waals surface area contributed by atoms with Gasteiger partial charge < -0.3 is 5.11 Å². The molecular formula is C16H13Cl2NO4S. The Bertz CT molecular complexity index is 928. The van der Waals surface area contributed by atoms with E-state index in [1.165, 1.54) is 30.3 Å². The van der Waals surface area contributed by atoms with Crippen LogP contribution < -0.4 is 4.72 Å². The molecule has 0 saturated carbocycles. The molecular weight excluding hydrogens is 373 g/mol. The van der Waals surface area contributed by atoms with Crippen LogP contribution >= 0.6 is 23.2 Å². The average molecular weight is 386 g/mol. The molecule has 2 aromatic carbocycles. The number of sulfonamides is 1. The number of aromatic carboxylic acids is 1. The molecule has 1 aliphatic rings. The third-order valence-corrected chi connectivity index (χ3v) is 6.14. The van der Waals surface area contributed by atoms with Crippen LogP contribution in [0.4, 0.5) is 0 Å². The van der Waals surface area contributed by atoms with Crippen molar-refractivity contribution in [3.63, 3.8) is 0 Å². The average Bonchev–Trinajstić information content (AvgIpc) is 2.91. The first-order valence-corrected chi connectivity index (χ1v) is 9.35. The van der Waals surface area contributed by atoms with Gasteiger partial charge in [0, 0.05) is 11.1 Å². The molecule has 0 fully saturated rings. The summed E-state index contributed by atoms with van der Waals surface area (Å²) >= 11 is 11.8. The van der Waals surface area contributed by atoms with Crippen molar-refractivity contribution in [1.29, 1.82) is 0 Å². The number of rotatable bonds is 4. The number of hydrogen-bond acceptors (Lipinski definition) is 3. The Labute approximate surface area is 149 Å². The number of fused-ring (bicyclic) bond motifs is 1. The minimum atomic E-state index is -3.89. The first kappa shape index (κ1) is 17.2. The summed E-state index contributed by atoms with van der Waals surface area (Å²) in [6.45, 7) is 0. The van der Waals surface area contributed by atoms with Gasteiger partial charge in [-0.25, -0.2) is 17.9 Å². The largest absolute Gasteiger partial charge is 0.478 e. The van der Waals surface area contributed by atoms with Gasteiger partial charge in [-0.2, -0.15) is 0 Å². The molecule has 0 spiro atoms. The Hall–Kier alpha value is -1.60. The predicted octanol–water partition coefficient (Wildman–Crippen LogP) is 3.66. The van der Waals surface area contributed by atoms with Crippen molar-refractivity contribution in [2.45, 2.75) is 23.8 Å². The Balaban J connectivity index is 1.95. The first-order chi connectivity index (χ1) is 11.3. The zero-order valence-electron chi connectivity index (χ0n) is 12.3. The van der Waals surface area contributed by atoms with Gasteiger partial charge in [0.2, 0.25) is 10.0 Å². The normalized spacial score (nSPS) is 16.8. The number of hydrogen-bond donors (Lipinski definition) is 2. The molecule has 0 aliphatic heterocycles. The summed E-state index contributed by atoms with van der Waals surface area (Å²) in [4.78, 5) is 11.0. The molecule has 2 aromatic rings. The molecule has 2 N–H and O–H groups in total. The van der Waals surface area contributed by atoms with Crippen molar-refractivity contribution < 1.29 is 18.3 Å². The minimum Gasteiger partial charge on any atom is -0.478 e. The third kappa shape index (κ3) is 3.28. The number of carbonyl (C=O) groups is 1. The molecule has 0 bridgehead atoms. The summed E-state index contributed by atoms with van der Waals surface area (Å²) in [5, 5.41) is 9.45. The van der Waals surface area contributed by atoms with E-state index >= 15 is 0 Å². The van der Waals surface area contributed by atoms with Gasteiger partial charge in [0.25, 0.3) is 0 Å². The van der Waals surface area contributed by atoms with E-state index < -0.39 is 22.0 Å². The van der Waals surface area contributed by atoms with Crippen LogP contribution in [0.15, 0.2) is 41.3 Å². The lowest BCUT2D eigenvalue weighted by Gasteiger charge is -2.16. The summed E-state index contributed by atoms with van der Waals surface area (Å²) < 4.78 is 27.8. The van der Waals surface area contributed by atoms with E-state index in [0.717, 1.165) is 5.56 Å². The Morgan fingerprint density at radius 2 is 1.92 bits per heavy atom. The smallest absolute Gasteiger partial charge is 0.335 e. The first-order valence-electron chi connectivity index (χ1n) is 7.11. The summed E-state index contributed by atoms with van der Waals surface area (Å²) in [6.07, 6.45) is 1.22. The summed E-state index contributed by atoms with van der Waals surface area (Å²) in [5.41, 5.74) is 1.74. The lowest BCUT2D eigenvalue weighted by molar-refractivity contribution is 0.0696. The molecule has 0 heterocycles. The van der Waals surface area contributed by atoms with Crippen LogP contribution in [0, 0.1) is 0 Å². The highest BCUT2D eigenvalue weighted by atomic mass is 35.5. The zero-order valence-corrected chi connectivity index (χ0v) is 14.6. The van der Waals surface area contributed by atoms with Crippen LogP contribution in [0.1, 0.15) is 33.9 Å². The zero-order chi connectivity index (χ0) is 17.5. The minimum absolute atomic E-state index is 0.0735. The fraction of sp³-hybridized carbons (Fsp3) is 0.188. The third-order valence-electron chi connectivity index (χ3n) is 3.95. The van der Waals surface area contributed by atoms with Gasteiger partial charge in [-0.15, -0.1) is 0 Å². The molecule has 0 aromatic heterocycles. The fourth-order valence-electron chi connectivity index (χ4n) is 2.79. The van der Waals surface area contributed by atoms with Crippen molar-refractivity contribution in [3.05, 3.63) is 63.1 Å². The van der Waals surface area contributed by atoms with Crippen molar-refractivity contribution in [2.24, 2.45) is 0 Å². The predicted molar refractivity (Wildman–Crippen MR) is 91.2 cm³/mol. The molecule has 3 rings (SSSR count). The van der Waals surface area contributed by atoms with Crippen LogP contribution in [0.5, 0.6) is 0 Å². The summed E-state index contributed by atoms with van der Waals surface area (Å²) in [7, 11) is -3.89. The number of carboxylic acids is 1. The van der Waals surface area contributed by atoms with E-state index in [4.69, 9.17) is 28.3 Å². The highest BCUT2D eigenvalue weighted by Crippen LogP contribution is 2.34.